The average molecular weight is 276 g/mol. The second-order valence-corrected chi connectivity index (χ2v) is 4.57. The lowest BCUT2D eigenvalue weighted by Gasteiger charge is -2.06. The van der Waals surface area contributed by atoms with Crippen LogP contribution in [-0.4, -0.2) is 9.78 Å². The van der Waals surface area contributed by atoms with E-state index in [4.69, 9.17) is 0 Å². The second-order valence-electron chi connectivity index (χ2n) is 4.57. The van der Waals surface area contributed by atoms with Gasteiger partial charge in [-0.15, -0.1) is 0 Å². The minimum atomic E-state index is -4.34. The van der Waals surface area contributed by atoms with Crippen LogP contribution in [0.15, 0.2) is 48.5 Å². The van der Waals surface area contributed by atoms with Crippen LogP contribution in [0.5, 0.6) is 0 Å². The molecular formula is C15H11F3N2. The summed E-state index contributed by atoms with van der Waals surface area (Å²) in [6.07, 6.45) is -4.34. The molecule has 0 saturated carbocycles. The highest BCUT2D eigenvalue weighted by Crippen LogP contribution is 2.34. The fraction of sp³-hybridized carbons (Fsp3) is 0.133. The standard InChI is InChI=1S/C15H11F3N2/c1-20-13-9-11(15(16,17)18)7-8-12(13)14(19-20)10-5-3-2-4-6-10/h2-9H,1H3. The Morgan fingerprint density at radius 1 is 1.00 bits per heavy atom. The maximum atomic E-state index is 12.7. The first kappa shape index (κ1) is 12.7. The van der Waals surface area contributed by atoms with Gasteiger partial charge in [0.25, 0.3) is 0 Å². The number of hydrogen-bond donors (Lipinski definition) is 0. The first-order chi connectivity index (χ1) is 9.47. The number of halogens is 3. The van der Waals surface area contributed by atoms with Crippen molar-refractivity contribution >= 4 is 10.9 Å². The second kappa shape index (κ2) is 4.37. The summed E-state index contributed by atoms with van der Waals surface area (Å²) in [5.74, 6) is 0. The highest BCUT2D eigenvalue weighted by molar-refractivity contribution is 5.93. The van der Waals surface area contributed by atoms with Crippen LogP contribution >= 0.6 is 0 Å². The molecule has 102 valence electrons. The van der Waals surface area contributed by atoms with Gasteiger partial charge >= 0.3 is 6.18 Å². The fourth-order valence-corrected chi connectivity index (χ4v) is 2.24. The lowest BCUT2D eigenvalue weighted by Crippen LogP contribution is -2.04. The Kier molecular flexibility index (Phi) is 2.78. The molecule has 0 aliphatic carbocycles. The SMILES string of the molecule is Cn1nc(-c2ccccc2)c2ccc(C(F)(F)F)cc21. The molecule has 2 nitrogen and oxygen atoms in total. The van der Waals surface area contributed by atoms with Crippen molar-refractivity contribution in [2.75, 3.05) is 0 Å². The Morgan fingerprint density at radius 2 is 1.70 bits per heavy atom. The van der Waals surface area contributed by atoms with Gasteiger partial charge in [-0.1, -0.05) is 30.3 Å². The molecule has 0 radical (unpaired) electrons. The number of fused-ring (bicyclic) bond motifs is 1. The Hall–Kier alpha value is -2.30. The Labute approximate surface area is 113 Å². The van der Waals surface area contributed by atoms with Gasteiger partial charge in [-0.2, -0.15) is 18.3 Å². The smallest absolute Gasteiger partial charge is 0.267 e. The minimum Gasteiger partial charge on any atom is -0.267 e. The monoisotopic (exact) mass is 276 g/mol. The predicted octanol–water partition coefficient (Wildman–Crippen LogP) is 4.26. The van der Waals surface area contributed by atoms with Crippen LogP contribution in [0.2, 0.25) is 0 Å². The van der Waals surface area contributed by atoms with Gasteiger partial charge in [-0.05, 0) is 18.2 Å². The van der Waals surface area contributed by atoms with E-state index in [1.54, 1.807) is 7.05 Å². The zero-order valence-electron chi connectivity index (χ0n) is 10.6. The van der Waals surface area contributed by atoms with Crippen LogP contribution in [0, 0.1) is 0 Å². The number of benzene rings is 2. The highest BCUT2D eigenvalue weighted by Gasteiger charge is 2.31. The lowest BCUT2D eigenvalue weighted by molar-refractivity contribution is -0.137. The van der Waals surface area contributed by atoms with Gasteiger partial charge in [-0.25, -0.2) is 0 Å². The van der Waals surface area contributed by atoms with Gasteiger partial charge in [-0.3, -0.25) is 4.68 Å². The van der Waals surface area contributed by atoms with Gasteiger partial charge in [0.1, 0.15) is 5.69 Å². The first-order valence-electron chi connectivity index (χ1n) is 6.06. The largest absolute Gasteiger partial charge is 0.416 e. The van der Waals surface area contributed by atoms with Gasteiger partial charge in [0.2, 0.25) is 0 Å². The third kappa shape index (κ3) is 2.05. The van der Waals surface area contributed by atoms with Gasteiger partial charge < -0.3 is 0 Å². The molecule has 2 aromatic carbocycles. The van der Waals surface area contributed by atoms with E-state index in [2.05, 4.69) is 5.10 Å². The maximum absolute atomic E-state index is 12.7. The van der Waals surface area contributed by atoms with Crippen molar-refractivity contribution in [1.29, 1.82) is 0 Å². The summed E-state index contributed by atoms with van der Waals surface area (Å²) in [5, 5.41) is 5.05. The molecule has 0 aliphatic rings. The number of rotatable bonds is 1. The van der Waals surface area contributed by atoms with E-state index in [1.165, 1.54) is 10.7 Å². The predicted molar refractivity (Wildman–Crippen MR) is 71.2 cm³/mol. The molecule has 0 aliphatic heterocycles. The van der Waals surface area contributed by atoms with Crippen molar-refractivity contribution in [3.05, 3.63) is 54.1 Å². The molecule has 5 heteroatoms. The molecule has 20 heavy (non-hydrogen) atoms. The number of nitrogens with zero attached hydrogens (tertiary/aromatic N) is 2. The number of hydrogen-bond acceptors (Lipinski definition) is 1. The van der Waals surface area contributed by atoms with Gasteiger partial charge in [0.05, 0.1) is 11.1 Å². The highest BCUT2D eigenvalue weighted by atomic mass is 19.4. The molecule has 0 N–H and O–H groups in total. The molecule has 0 amide bonds. The molecule has 1 heterocycles. The van der Waals surface area contributed by atoms with E-state index in [0.29, 0.717) is 16.6 Å². The van der Waals surface area contributed by atoms with E-state index in [1.807, 2.05) is 30.3 Å². The fourth-order valence-electron chi connectivity index (χ4n) is 2.24. The van der Waals surface area contributed by atoms with E-state index in [9.17, 15) is 13.2 Å². The Morgan fingerprint density at radius 3 is 2.35 bits per heavy atom. The molecule has 0 fully saturated rings. The van der Waals surface area contributed by atoms with Crippen molar-refractivity contribution in [3.8, 4) is 11.3 Å². The number of alkyl halides is 3. The maximum Gasteiger partial charge on any atom is 0.416 e. The topological polar surface area (TPSA) is 17.8 Å². The first-order valence-corrected chi connectivity index (χ1v) is 6.06. The Balaban J connectivity index is 2.23. The number of aromatic nitrogens is 2. The van der Waals surface area contributed by atoms with Crippen molar-refractivity contribution in [1.82, 2.24) is 9.78 Å². The molecule has 0 spiro atoms. The van der Waals surface area contributed by atoms with Gasteiger partial charge in [0.15, 0.2) is 0 Å². The zero-order chi connectivity index (χ0) is 14.3. The minimum absolute atomic E-state index is 0.471. The van der Waals surface area contributed by atoms with E-state index < -0.39 is 11.7 Å². The van der Waals surface area contributed by atoms with E-state index in [-0.39, 0.29) is 0 Å². The third-order valence-electron chi connectivity index (χ3n) is 3.23. The summed E-state index contributed by atoms with van der Waals surface area (Å²) in [6, 6.07) is 13.1. The molecule has 1 aromatic heterocycles. The summed E-state index contributed by atoms with van der Waals surface area (Å²) in [5.41, 5.74) is 1.39. The molecule has 0 saturated heterocycles. The van der Waals surface area contributed by atoms with Crippen molar-refractivity contribution < 1.29 is 13.2 Å². The molecule has 0 bridgehead atoms. The molecular weight excluding hydrogens is 265 g/mol. The zero-order valence-corrected chi connectivity index (χ0v) is 10.6. The Bertz CT molecular complexity index is 758. The van der Waals surface area contributed by atoms with E-state index >= 15 is 0 Å². The quantitative estimate of drug-likeness (QED) is 0.649. The van der Waals surface area contributed by atoms with Crippen LogP contribution in [0.3, 0.4) is 0 Å². The normalized spacial score (nSPS) is 12.0. The van der Waals surface area contributed by atoms with E-state index in [0.717, 1.165) is 17.7 Å². The van der Waals surface area contributed by atoms with Crippen molar-refractivity contribution in [2.24, 2.45) is 7.05 Å². The van der Waals surface area contributed by atoms with Crippen LogP contribution < -0.4 is 0 Å². The average Bonchev–Trinajstić information content (AvgIpc) is 2.76. The molecule has 0 unspecified atom stereocenters. The lowest BCUT2D eigenvalue weighted by atomic mass is 10.1. The van der Waals surface area contributed by atoms with Crippen LogP contribution in [-0.2, 0) is 13.2 Å². The summed E-state index contributed by atoms with van der Waals surface area (Å²) >= 11 is 0. The van der Waals surface area contributed by atoms with Crippen LogP contribution in [0.25, 0.3) is 22.2 Å². The molecule has 3 rings (SSSR count). The van der Waals surface area contributed by atoms with Crippen LogP contribution in [0.1, 0.15) is 5.56 Å². The molecule has 0 atom stereocenters. The summed E-state index contributed by atoms with van der Waals surface area (Å²) in [7, 11) is 1.65. The van der Waals surface area contributed by atoms with Crippen molar-refractivity contribution in [2.45, 2.75) is 6.18 Å². The van der Waals surface area contributed by atoms with Crippen molar-refractivity contribution in [3.63, 3.8) is 0 Å². The molecule has 3 aromatic rings. The summed E-state index contributed by atoms with van der Waals surface area (Å²) in [6.45, 7) is 0. The summed E-state index contributed by atoms with van der Waals surface area (Å²) < 4.78 is 39.7. The van der Waals surface area contributed by atoms with Crippen LogP contribution in [0.4, 0.5) is 13.2 Å². The van der Waals surface area contributed by atoms with Gasteiger partial charge in [0, 0.05) is 18.0 Å². The number of aryl methyl sites for hydroxylation is 1. The summed E-state index contributed by atoms with van der Waals surface area (Å²) in [4.78, 5) is 0. The third-order valence-corrected chi connectivity index (χ3v) is 3.23.